The quantitative estimate of drug-likeness (QED) is 0.896. The van der Waals surface area contributed by atoms with Gasteiger partial charge in [-0.15, -0.1) is 0 Å². The summed E-state index contributed by atoms with van der Waals surface area (Å²) >= 11 is 0. The van der Waals surface area contributed by atoms with E-state index in [2.05, 4.69) is 4.98 Å². The summed E-state index contributed by atoms with van der Waals surface area (Å²) in [5.74, 6) is -0.0325. The predicted molar refractivity (Wildman–Crippen MR) is 101 cm³/mol. The normalized spacial score (nSPS) is 25.4. The highest BCUT2D eigenvalue weighted by molar-refractivity contribution is 5.90. The average Bonchev–Trinajstić information content (AvgIpc) is 3.30. The second-order valence-corrected chi connectivity index (χ2v) is 7.40. The highest BCUT2D eigenvalue weighted by atomic mass is 16.5. The molecule has 2 aliphatic rings. The van der Waals surface area contributed by atoms with Gasteiger partial charge in [-0.3, -0.25) is 9.59 Å². The number of carbonyl (C=O) groups is 2. The molecule has 2 aromatic rings. The largest absolute Gasteiger partial charge is 0.365 e. The standard InChI is InChI=1S/C21H25N3O3/c1-23-14-18(16-6-3-2-4-7-16)21(20(23)26)15-24(12-13-27-21)19(25)10-9-17-8-5-11-22-17/h2-8,11,18,22H,9-10,12-15H2,1H3. The van der Waals surface area contributed by atoms with Gasteiger partial charge in [0.05, 0.1) is 13.2 Å². The van der Waals surface area contributed by atoms with Gasteiger partial charge < -0.3 is 19.5 Å². The highest BCUT2D eigenvalue weighted by Gasteiger charge is 2.57. The third-order valence-electron chi connectivity index (χ3n) is 5.70. The van der Waals surface area contributed by atoms with Crippen LogP contribution in [0.2, 0.25) is 0 Å². The summed E-state index contributed by atoms with van der Waals surface area (Å²) in [6.07, 6.45) is 2.96. The molecule has 27 heavy (non-hydrogen) atoms. The van der Waals surface area contributed by atoms with E-state index in [4.69, 9.17) is 4.74 Å². The fourth-order valence-electron chi connectivity index (χ4n) is 4.26. The first kappa shape index (κ1) is 17.8. The monoisotopic (exact) mass is 367 g/mol. The molecule has 2 atom stereocenters. The Morgan fingerprint density at radius 1 is 1.26 bits per heavy atom. The second kappa shape index (κ2) is 7.19. The average molecular weight is 367 g/mol. The van der Waals surface area contributed by atoms with Crippen LogP contribution in [0.1, 0.15) is 23.6 Å². The summed E-state index contributed by atoms with van der Waals surface area (Å²) in [7, 11) is 1.81. The lowest BCUT2D eigenvalue weighted by Crippen LogP contribution is -2.59. The molecular formula is C21H25N3O3. The summed E-state index contributed by atoms with van der Waals surface area (Å²) in [4.78, 5) is 32.5. The molecule has 0 aliphatic carbocycles. The summed E-state index contributed by atoms with van der Waals surface area (Å²) < 4.78 is 6.12. The number of likely N-dealkylation sites (tertiary alicyclic amines) is 1. The van der Waals surface area contributed by atoms with Gasteiger partial charge in [0, 0.05) is 44.4 Å². The molecule has 2 amide bonds. The SMILES string of the molecule is CN1CC(c2ccccc2)C2(CN(C(=O)CCc3ccc[nH]3)CCO2)C1=O. The topological polar surface area (TPSA) is 65.6 Å². The number of aromatic amines is 1. The fraction of sp³-hybridized carbons (Fsp3) is 0.429. The van der Waals surface area contributed by atoms with Gasteiger partial charge in [0.1, 0.15) is 0 Å². The number of aromatic nitrogens is 1. The Morgan fingerprint density at radius 3 is 2.81 bits per heavy atom. The maximum atomic E-state index is 13.0. The molecule has 2 aliphatic heterocycles. The third-order valence-corrected chi connectivity index (χ3v) is 5.70. The summed E-state index contributed by atoms with van der Waals surface area (Å²) in [5, 5.41) is 0. The zero-order valence-electron chi connectivity index (χ0n) is 15.6. The van der Waals surface area contributed by atoms with Crippen LogP contribution in [-0.2, 0) is 20.7 Å². The zero-order chi connectivity index (χ0) is 18.9. The number of amides is 2. The first-order valence-electron chi connectivity index (χ1n) is 9.45. The molecule has 1 spiro atoms. The first-order chi connectivity index (χ1) is 13.1. The van der Waals surface area contributed by atoms with Crippen LogP contribution in [0.4, 0.5) is 0 Å². The van der Waals surface area contributed by atoms with Crippen molar-refractivity contribution in [3.8, 4) is 0 Å². The number of benzene rings is 1. The van der Waals surface area contributed by atoms with Gasteiger partial charge in [-0.2, -0.15) is 0 Å². The molecular weight excluding hydrogens is 342 g/mol. The molecule has 3 heterocycles. The van der Waals surface area contributed by atoms with E-state index < -0.39 is 5.60 Å². The molecule has 6 nitrogen and oxygen atoms in total. The van der Waals surface area contributed by atoms with Crippen LogP contribution in [0.3, 0.4) is 0 Å². The highest BCUT2D eigenvalue weighted by Crippen LogP contribution is 2.41. The molecule has 6 heteroatoms. The number of aryl methyl sites for hydroxylation is 1. The zero-order valence-corrected chi connectivity index (χ0v) is 15.6. The van der Waals surface area contributed by atoms with E-state index in [1.165, 1.54) is 0 Å². The van der Waals surface area contributed by atoms with E-state index in [1.807, 2.05) is 55.7 Å². The number of rotatable bonds is 4. The minimum atomic E-state index is -0.976. The molecule has 1 N–H and O–H groups in total. The molecule has 142 valence electrons. The molecule has 0 bridgehead atoms. The van der Waals surface area contributed by atoms with Crippen molar-refractivity contribution in [2.24, 2.45) is 0 Å². The van der Waals surface area contributed by atoms with E-state index in [9.17, 15) is 9.59 Å². The molecule has 0 saturated carbocycles. The van der Waals surface area contributed by atoms with Gasteiger partial charge in [-0.1, -0.05) is 30.3 Å². The number of nitrogens with zero attached hydrogens (tertiary/aromatic N) is 2. The second-order valence-electron chi connectivity index (χ2n) is 7.40. The Bertz CT molecular complexity index is 805. The van der Waals surface area contributed by atoms with Gasteiger partial charge in [0.2, 0.25) is 5.91 Å². The smallest absolute Gasteiger partial charge is 0.257 e. The van der Waals surface area contributed by atoms with Crippen molar-refractivity contribution in [2.45, 2.75) is 24.4 Å². The van der Waals surface area contributed by atoms with Crippen molar-refractivity contribution < 1.29 is 14.3 Å². The van der Waals surface area contributed by atoms with Crippen LogP contribution < -0.4 is 0 Å². The van der Waals surface area contributed by atoms with Crippen molar-refractivity contribution in [3.63, 3.8) is 0 Å². The number of hydrogen-bond donors (Lipinski definition) is 1. The lowest BCUT2D eigenvalue weighted by molar-refractivity contribution is -0.167. The number of H-pyrrole nitrogens is 1. The third kappa shape index (κ3) is 3.25. The van der Waals surface area contributed by atoms with Crippen LogP contribution in [0.5, 0.6) is 0 Å². The lowest BCUT2D eigenvalue weighted by atomic mass is 9.83. The van der Waals surface area contributed by atoms with Crippen molar-refractivity contribution in [3.05, 3.63) is 59.9 Å². The Balaban J connectivity index is 1.53. The summed E-state index contributed by atoms with van der Waals surface area (Å²) in [5.41, 5.74) is 1.15. The van der Waals surface area contributed by atoms with Crippen LogP contribution in [-0.4, -0.2) is 65.5 Å². The lowest BCUT2D eigenvalue weighted by Gasteiger charge is -2.42. The Kier molecular flexibility index (Phi) is 4.74. The minimum Gasteiger partial charge on any atom is -0.365 e. The van der Waals surface area contributed by atoms with Crippen LogP contribution in [0.25, 0.3) is 0 Å². The van der Waals surface area contributed by atoms with E-state index in [1.54, 1.807) is 9.80 Å². The van der Waals surface area contributed by atoms with Crippen molar-refractivity contribution >= 4 is 11.8 Å². The number of likely N-dealkylation sites (N-methyl/N-ethyl adjacent to an activating group) is 1. The molecule has 1 aromatic carbocycles. The summed E-state index contributed by atoms with van der Waals surface area (Å²) in [6.45, 7) is 1.84. The van der Waals surface area contributed by atoms with E-state index in [0.717, 1.165) is 11.3 Å². The molecule has 1 aromatic heterocycles. The number of morpholine rings is 1. The van der Waals surface area contributed by atoms with Crippen LogP contribution >= 0.6 is 0 Å². The van der Waals surface area contributed by atoms with Gasteiger partial charge in [0.25, 0.3) is 5.91 Å². The minimum absolute atomic E-state index is 0.0294. The number of hydrogen-bond acceptors (Lipinski definition) is 3. The van der Waals surface area contributed by atoms with Gasteiger partial charge >= 0.3 is 0 Å². The molecule has 2 fully saturated rings. The Labute approximate surface area is 159 Å². The molecule has 0 radical (unpaired) electrons. The van der Waals surface area contributed by atoms with Gasteiger partial charge in [0.15, 0.2) is 5.60 Å². The maximum Gasteiger partial charge on any atom is 0.257 e. The summed E-state index contributed by atoms with van der Waals surface area (Å²) in [6, 6.07) is 13.9. The fourth-order valence-corrected chi connectivity index (χ4v) is 4.26. The molecule has 2 saturated heterocycles. The van der Waals surface area contributed by atoms with Gasteiger partial charge in [-0.25, -0.2) is 0 Å². The van der Waals surface area contributed by atoms with E-state index in [-0.39, 0.29) is 17.7 Å². The van der Waals surface area contributed by atoms with Crippen molar-refractivity contribution in [1.29, 1.82) is 0 Å². The number of nitrogens with one attached hydrogen (secondary N) is 1. The van der Waals surface area contributed by atoms with Crippen molar-refractivity contribution in [2.75, 3.05) is 33.3 Å². The number of ether oxygens (including phenoxy) is 1. The Hall–Kier alpha value is -2.60. The first-order valence-corrected chi connectivity index (χ1v) is 9.45. The number of carbonyl (C=O) groups excluding carboxylic acids is 2. The van der Waals surface area contributed by atoms with Crippen LogP contribution in [0, 0.1) is 0 Å². The molecule has 4 rings (SSSR count). The van der Waals surface area contributed by atoms with Gasteiger partial charge in [-0.05, 0) is 24.1 Å². The Morgan fingerprint density at radius 2 is 2.07 bits per heavy atom. The van der Waals surface area contributed by atoms with E-state index >= 15 is 0 Å². The molecule has 2 unspecified atom stereocenters. The predicted octanol–water partition coefficient (Wildman–Crippen LogP) is 1.80. The maximum absolute atomic E-state index is 13.0. The van der Waals surface area contributed by atoms with E-state index in [0.29, 0.717) is 39.1 Å². The van der Waals surface area contributed by atoms with Crippen molar-refractivity contribution in [1.82, 2.24) is 14.8 Å². The van der Waals surface area contributed by atoms with Crippen LogP contribution in [0.15, 0.2) is 48.7 Å².